The molecule has 5 aliphatic rings. The Morgan fingerprint density at radius 1 is 1.21 bits per heavy atom. The fourth-order valence-corrected chi connectivity index (χ4v) is 5.35. The number of ether oxygens (including phenoxy) is 2. The van der Waals surface area contributed by atoms with Crippen molar-refractivity contribution in [2.75, 3.05) is 19.7 Å². The molecule has 0 aromatic heterocycles. The number of hydrogen-bond acceptors (Lipinski definition) is 6. The van der Waals surface area contributed by atoms with Gasteiger partial charge in [0.2, 0.25) is 12.2 Å². The van der Waals surface area contributed by atoms with Crippen LogP contribution in [0.3, 0.4) is 0 Å². The van der Waals surface area contributed by atoms with Gasteiger partial charge in [-0.3, -0.25) is 9.59 Å². The molecule has 8 heteroatoms. The fraction of sp³-hybridized carbons (Fsp3) is 0.857. The van der Waals surface area contributed by atoms with Crippen molar-refractivity contribution in [3.05, 3.63) is 0 Å². The topological polar surface area (TPSA) is 91.7 Å². The van der Waals surface area contributed by atoms with Crippen LogP contribution in [0, 0.1) is 16.7 Å². The van der Waals surface area contributed by atoms with Crippen LogP contribution in [0.5, 0.6) is 0 Å². The first-order valence-electron chi connectivity index (χ1n) is 10.9. The molecule has 1 amide bonds. The Morgan fingerprint density at radius 3 is 2.55 bits per heavy atom. The number of hydrogen-bond donors (Lipinski definition) is 1. The summed E-state index contributed by atoms with van der Waals surface area (Å²) in [7, 11) is 0. The number of nitrogens with one attached hydrogen (secondary N) is 1. The van der Waals surface area contributed by atoms with E-state index in [2.05, 4.69) is 5.32 Å². The SMILES string of the molecule is N#C[C@@H]1C[C@H](F)CN1C(=O)CNC12CCC(C(=O)OC3CCCCO3)(CC1)CC2. The summed E-state index contributed by atoms with van der Waals surface area (Å²) in [6.07, 6.45) is 6.08. The average Bonchev–Trinajstić information content (AvgIpc) is 3.15. The molecule has 5 rings (SSSR count). The molecule has 3 saturated carbocycles. The number of alkyl halides is 1. The van der Waals surface area contributed by atoms with Crippen LogP contribution >= 0.6 is 0 Å². The summed E-state index contributed by atoms with van der Waals surface area (Å²) < 4.78 is 24.8. The van der Waals surface area contributed by atoms with Crippen LogP contribution in [-0.2, 0) is 19.1 Å². The maximum Gasteiger partial charge on any atom is 0.314 e. The van der Waals surface area contributed by atoms with Crippen LogP contribution in [0.25, 0.3) is 0 Å². The van der Waals surface area contributed by atoms with Crippen LogP contribution in [0.2, 0.25) is 0 Å². The van der Waals surface area contributed by atoms with Gasteiger partial charge >= 0.3 is 5.97 Å². The molecule has 160 valence electrons. The highest BCUT2D eigenvalue weighted by Gasteiger charge is 2.53. The lowest BCUT2D eigenvalue weighted by atomic mass is 9.57. The first-order chi connectivity index (χ1) is 14.0. The molecule has 2 bridgehead atoms. The van der Waals surface area contributed by atoms with Crippen molar-refractivity contribution in [3.63, 3.8) is 0 Å². The van der Waals surface area contributed by atoms with E-state index in [9.17, 15) is 14.0 Å². The van der Waals surface area contributed by atoms with E-state index in [0.29, 0.717) is 6.61 Å². The van der Waals surface area contributed by atoms with Crippen LogP contribution in [0.4, 0.5) is 4.39 Å². The van der Waals surface area contributed by atoms with E-state index in [4.69, 9.17) is 14.7 Å². The maximum absolute atomic E-state index is 13.6. The van der Waals surface area contributed by atoms with Gasteiger partial charge in [0.1, 0.15) is 12.2 Å². The van der Waals surface area contributed by atoms with Crippen LogP contribution in [0.15, 0.2) is 0 Å². The molecule has 1 N–H and O–H groups in total. The van der Waals surface area contributed by atoms with Crippen LogP contribution in [-0.4, -0.2) is 60.5 Å². The number of nitriles is 1. The van der Waals surface area contributed by atoms with E-state index >= 15 is 0 Å². The summed E-state index contributed by atoms with van der Waals surface area (Å²) in [5, 5.41) is 12.5. The highest BCUT2D eigenvalue weighted by atomic mass is 19.1. The first kappa shape index (κ1) is 20.5. The largest absolute Gasteiger partial charge is 0.435 e. The number of halogens is 1. The minimum Gasteiger partial charge on any atom is -0.435 e. The van der Waals surface area contributed by atoms with Gasteiger partial charge in [-0.15, -0.1) is 0 Å². The summed E-state index contributed by atoms with van der Waals surface area (Å²) in [5.74, 6) is -0.348. The van der Waals surface area contributed by atoms with Gasteiger partial charge in [0, 0.05) is 18.4 Å². The molecular weight excluding hydrogens is 377 g/mol. The molecule has 5 fully saturated rings. The summed E-state index contributed by atoms with van der Waals surface area (Å²) in [4.78, 5) is 26.7. The van der Waals surface area contributed by atoms with E-state index in [1.807, 2.05) is 6.07 Å². The summed E-state index contributed by atoms with van der Waals surface area (Å²) in [6, 6.07) is 1.35. The number of nitrogens with zero attached hydrogens (tertiary/aromatic N) is 2. The lowest BCUT2D eigenvalue weighted by Gasteiger charge is -2.52. The van der Waals surface area contributed by atoms with Crippen LogP contribution in [0.1, 0.15) is 64.2 Å². The van der Waals surface area contributed by atoms with Gasteiger partial charge in [-0.2, -0.15) is 5.26 Å². The Bertz CT molecular complexity index is 663. The molecule has 0 spiro atoms. The second kappa shape index (κ2) is 8.19. The summed E-state index contributed by atoms with van der Waals surface area (Å²) in [6.45, 7) is 0.765. The number of carbonyl (C=O) groups is 2. The average molecular weight is 407 g/mol. The highest BCUT2D eigenvalue weighted by molar-refractivity contribution is 5.80. The lowest BCUT2D eigenvalue weighted by molar-refractivity contribution is -0.203. The minimum absolute atomic E-state index is 0.00390. The lowest BCUT2D eigenvalue weighted by Crippen LogP contribution is -2.59. The first-order valence-corrected chi connectivity index (χ1v) is 10.9. The molecule has 0 radical (unpaired) electrons. The Morgan fingerprint density at radius 2 is 1.93 bits per heavy atom. The normalized spacial score (nSPS) is 39.2. The van der Waals surface area contributed by atoms with Crippen molar-refractivity contribution in [1.29, 1.82) is 5.26 Å². The Hall–Kier alpha value is -1.72. The van der Waals surface area contributed by atoms with Gasteiger partial charge in [0.25, 0.3) is 0 Å². The zero-order chi connectivity index (χ0) is 20.5. The number of likely N-dealkylation sites (tertiary alicyclic amines) is 1. The standard InChI is InChI=1S/C21H30FN3O4/c22-15-11-16(12-23)25(14-15)17(26)13-24-21-7-4-20(5-8-21,6-9-21)19(27)29-18-3-1-2-10-28-18/h15-16,18,24H,1-11,13-14H2/t15-,16-,18?,20?,21?/m0/s1. The quantitative estimate of drug-likeness (QED) is 0.703. The number of amides is 1. The minimum atomic E-state index is -1.12. The van der Waals surface area contributed by atoms with Crippen molar-refractivity contribution >= 4 is 11.9 Å². The molecule has 1 unspecified atom stereocenters. The van der Waals surface area contributed by atoms with Gasteiger partial charge in [0.05, 0.1) is 31.2 Å². The van der Waals surface area contributed by atoms with Gasteiger partial charge in [-0.1, -0.05) is 0 Å². The molecule has 7 nitrogen and oxygen atoms in total. The van der Waals surface area contributed by atoms with E-state index in [0.717, 1.165) is 57.8 Å². The summed E-state index contributed by atoms with van der Waals surface area (Å²) >= 11 is 0. The van der Waals surface area contributed by atoms with Crippen molar-refractivity contribution in [1.82, 2.24) is 10.2 Å². The Balaban J connectivity index is 1.29. The third-order valence-corrected chi connectivity index (χ3v) is 7.39. The second-order valence-electron chi connectivity index (χ2n) is 9.14. The molecule has 2 saturated heterocycles. The van der Waals surface area contributed by atoms with Crippen molar-refractivity contribution in [2.24, 2.45) is 5.41 Å². The van der Waals surface area contributed by atoms with Crippen molar-refractivity contribution in [2.45, 2.75) is 88.3 Å². The maximum atomic E-state index is 13.6. The third kappa shape index (κ3) is 4.13. The number of fused-ring (bicyclic) bond motifs is 3. The number of rotatable bonds is 5. The second-order valence-corrected chi connectivity index (χ2v) is 9.14. The molecule has 2 aliphatic heterocycles. The number of carbonyl (C=O) groups excluding carboxylic acids is 2. The molecule has 3 atom stereocenters. The monoisotopic (exact) mass is 407 g/mol. The molecule has 2 heterocycles. The van der Waals surface area contributed by atoms with E-state index in [1.54, 1.807) is 0 Å². The predicted octanol–water partition coefficient (Wildman–Crippen LogP) is 2.20. The zero-order valence-electron chi connectivity index (χ0n) is 16.8. The van der Waals surface area contributed by atoms with Gasteiger partial charge in [0.15, 0.2) is 0 Å². The summed E-state index contributed by atoms with van der Waals surface area (Å²) in [5.41, 5.74) is -0.577. The number of esters is 1. The highest BCUT2D eigenvalue weighted by Crippen LogP contribution is 2.53. The van der Waals surface area contributed by atoms with E-state index in [-0.39, 0.29) is 36.9 Å². The van der Waals surface area contributed by atoms with Crippen LogP contribution < -0.4 is 5.32 Å². The van der Waals surface area contributed by atoms with Gasteiger partial charge in [-0.25, -0.2) is 4.39 Å². The van der Waals surface area contributed by atoms with E-state index in [1.165, 1.54) is 4.90 Å². The predicted molar refractivity (Wildman–Crippen MR) is 101 cm³/mol. The van der Waals surface area contributed by atoms with Gasteiger partial charge in [-0.05, 0) is 51.4 Å². The fourth-order valence-electron chi connectivity index (χ4n) is 5.35. The van der Waals surface area contributed by atoms with E-state index < -0.39 is 23.9 Å². The molecule has 0 aromatic rings. The molecule has 3 aliphatic carbocycles. The Labute approximate surface area is 170 Å². The third-order valence-electron chi connectivity index (χ3n) is 7.39. The van der Waals surface area contributed by atoms with Crippen molar-refractivity contribution < 1.29 is 23.5 Å². The van der Waals surface area contributed by atoms with Gasteiger partial charge < -0.3 is 19.7 Å². The molecule has 0 aromatic carbocycles. The Kier molecular flexibility index (Phi) is 5.80. The van der Waals surface area contributed by atoms with Crippen molar-refractivity contribution in [3.8, 4) is 6.07 Å². The smallest absolute Gasteiger partial charge is 0.314 e. The molecular formula is C21H30FN3O4. The zero-order valence-corrected chi connectivity index (χ0v) is 16.8. The molecule has 29 heavy (non-hydrogen) atoms.